The number of hydrogen-bond donors (Lipinski definition) is 2. The molecule has 0 fully saturated rings. The molecule has 0 heterocycles. The minimum absolute atomic E-state index is 0.0826. The molecular formula is C21H25ClN2O4S. The van der Waals surface area contributed by atoms with E-state index in [2.05, 4.69) is 5.32 Å². The summed E-state index contributed by atoms with van der Waals surface area (Å²) in [6.07, 6.45) is 0. The van der Waals surface area contributed by atoms with E-state index in [4.69, 9.17) is 11.6 Å². The molecule has 0 aromatic heterocycles. The van der Waals surface area contributed by atoms with Gasteiger partial charge in [0, 0.05) is 11.3 Å². The van der Waals surface area contributed by atoms with Crippen molar-refractivity contribution < 1.29 is 18.0 Å². The molecule has 0 saturated heterocycles. The van der Waals surface area contributed by atoms with Gasteiger partial charge in [0.05, 0.1) is 5.02 Å². The fourth-order valence-corrected chi connectivity index (χ4v) is 4.37. The third-order valence-electron chi connectivity index (χ3n) is 4.47. The van der Waals surface area contributed by atoms with Crippen LogP contribution in [0.15, 0.2) is 41.3 Å². The monoisotopic (exact) mass is 436 g/mol. The molecule has 0 atom stereocenters. The maximum Gasteiger partial charge on any atom is 0.333 e. The predicted octanol–water partition coefficient (Wildman–Crippen LogP) is 5.30. The fraction of sp³-hybridized carbons (Fsp3) is 0.333. The van der Waals surface area contributed by atoms with E-state index in [1.807, 2.05) is 50.6 Å². The maximum atomic E-state index is 12.7. The number of hydrogen-bond acceptors (Lipinski definition) is 4. The van der Waals surface area contributed by atoms with Gasteiger partial charge in [-0.05, 0) is 48.1 Å². The predicted molar refractivity (Wildman–Crippen MR) is 115 cm³/mol. The minimum Gasteiger partial charge on any atom is -0.307 e. The Morgan fingerprint density at radius 1 is 0.966 bits per heavy atom. The first-order valence-electron chi connectivity index (χ1n) is 9.21. The van der Waals surface area contributed by atoms with Gasteiger partial charge in [-0.2, -0.15) is 0 Å². The number of para-hydroxylation sites is 1. The number of anilines is 1. The highest BCUT2D eigenvalue weighted by Crippen LogP contribution is 2.32. The van der Waals surface area contributed by atoms with Crippen molar-refractivity contribution >= 4 is 39.1 Å². The highest BCUT2D eigenvalue weighted by atomic mass is 35.5. The Kier molecular flexibility index (Phi) is 7.08. The lowest BCUT2D eigenvalue weighted by Crippen LogP contribution is -2.35. The van der Waals surface area contributed by atoms with Gasteiger partial charge < -0.3 is 5.32 Å². The van der Waals surface area contributed by atoms with Gasteiger partial charge in [-0.1, -0.05) is 57.5 Å². The van der Waals surface area contributed by atoms with Crippen LogP contribution in [0.4, 0.5) is 10.5 Å². The zero-order chi connectivity index (χ0) is 21.9. The Bertz CT molecular complexity index is 1020. The van der Waals surface area contributed by atoms with Crippen LogP contribution in [0.25, 0.3) is 0 Å². The molecule has 0 bridgehead atoms. The summed E-state index contributed by atoms with van der Waals surface area (Å²) in [6.45, 7) is 9.28. The second kappa shape index (κ2) is 8.97. The number of ketones is 1. The highest BCUT2D eigenvalue weighted by Gasteiger charge is 2.23. The molecule has 0 aliphatic carbocycles. The van der Waals surface area contributed by atoms with Crippen molar-refractivity contribution in [3.8, 4) is 0 Å². The third kappa shape index (κ3) is 5.36. The number of amides is 2. The van der Waals surface area contributed by atoms with Gasteiger partial charge in [0.2, 0.25) is 0 Å². The number of carbonyl (C=O) groups excluding carboxylic acids is 2. The van der Waals surface area contributed by atoms with Gasteiger partial charge >= 0.3 is 6.03 Å². The van der Waals surface area contributed by atoms with Gasteiger partial charge in [-0.25, -0.2) is 17.9 Å². The van der Waals surface area contributed by atoms with Crippen LogP contribution < -0.4 is 10.0 Å². The van der Waals surface area contributed by atoms with E-state index in [1.54, 1.807) is 0 Å². The number of carbonyl (C=O) groups is 2. The average Bonchev–Trinajstić information content (AvgIpc) is 2.60. The lowest BCUT2D eigenvalue weighted by molar-refractivity contribution is 0.101. The van der Waals surface area contributed by atoms with Crippen LogP contribution in [-0.2, 0) is 10.0 Å². The zero-order valence-electron chi connectivity index (χ0n) is 17.0. The maximum absolute atomic E-state index is 12.7. The summed E-state index contributed by atoms with van der Waals surface area (Å²) >= 11 is 6.00. The lowest BCUT2D eigenvalue weighted by Gasteiger charge is -2.20. The zero-order valence-corrected chi connectivity index (χ0v) is 18.6. The Balaban J connectivity index is 2.37. The molecule has 2 aromatic rings. The molecule has 156 valence electrons. The van der Waals surface area contributed by atoms with Crippen molar-refractivity contribution in [3.63, 3.8) is 0 Å². The van der Waals surface area contributed by atoms with E-state index < -0.39 is 16.1 Å². The Hall–Kier alpha value is -2.38. The first kappa shape index (κ1) is 22.9. The summed E-state index contributed by atoms with van der Waals surface area (Å²) in [4.78, 5) is 23.8. The van der Waals surface area contributed by atoms with Gasteiger partial charge in [0.25, 0.3) is 10.0 Å². The first-order chi connectivity index (χ1) is 13.4. The molecule has 8 heteroatoms. The SMILES string of the molecule is CC(=O)c1ccc(Cl)c(S(=O)(=O)NC(=O)Nc2c(C(C)C)cccc2C(C)C)c1. The Labute approximate surface area is 176 Å². The molecule has 0 saturated carbocycles. The highest BCUT2D eigenvalue weighted by molar-refractivity contribution is 7.90. The van der Waals surface area contributed by atoms with Gasteiger partial charge in [-0.15, -0.1) is 0 Å². The van der Waals surface area contributed by atoms with E-state index in [9.17, 15) is 18.0 Å². The van der Waals surface area contributed by atoms with Crippen molar-refractivity contribution in [3.05, 3.63) is 58.1 Å². The molecule has 6 nitrogen and oxygen atoms in total. The second-order valence-electron chi connectivity index (χ2n) is 7.38. The number of rotatable bonds is 6. The van der Waals surface area contributed by atoms with Crippen LogP contribution in [-0.4, -0.2) is 20.2 Å². The standard InChI is InChI=1S/C21H25ClN2O4S/c1-12(2)16-7-6-8-17(13(3)4)20(16)23-21(26)24-29(27,28)19-11-15(14(5)25)9-10-18(19)22/h6-13H,1-5H3,(H2,23,24,26). The number of nitrogens with one attached hydrogen (secondary N) is 2. The van der Waals surface area contributed by atoms with Crippen molar-refractivity contribution in [2.45, 2.75) is 51.3 Å². The molecule has 2 amide bonds. The summed E-state index contributed by atoms with van der Waals surface area (Å²) in [5.41, 5.74) is 2.58. The molecule has 0 radical (unpaired) electrons. The molecule has 2 rings (SSSR count). The van der Waals surface area contributed by atoms with E-state index in [0.29, 0.717) is 5.69 Å². The summed E-state index contributed by atoms with van der Waals surface area (Å²) in [7, 11) is -4.28. The van der Waals surface area contributed by atoms with Gasteiger partial charge in [0.15, 0.2) is 5.78 Å². The van der Waals surface area contributed by atoms with E-state index in [0.717, 1.165) is 17.2 Å². The van der Waals surface area contributed by atoms with Gasteiger partial charge in [-0.3, -0.25) is 4.79 Å². The summed E-state index contributed by atoms with van der Waals surface area (Å²) in [5, 5.41) is 2.60. The van der Waals surface area contributed by atoms with Crippen molar-refractivity contribution in [1.29, 1.82) is 0 Å². The minimum atomic E-state index is -4.28. The molecule has 2 aromatic carbocycles. The number of benzene rings is 2. The smallest absolute Gasteiger partial charge is 0.307 e. The Morgan fingerprint density at radius 3 is 2.00 bits per heavy atom. The van der Waals surface area contributed by atoms with E-state index in [-0.39, 0.29) is 33.1 Å². The average molecular weight is 437 g/mol. The van der Waals surface area contributed by atoms with Crippen molar-refractivity contribution in [2.75, 3.05) is 5.32 Å². The Morgan fingerprint density at radius 2 is 1.52 bits per heavy atom. The van der Waals surface area contributed by atoms with E-state index >= 15 is 0 Å². The number of halogens is 1. The van der Waals surface area contributed by atoms with Crippen molar-refractivity contribution in [1.82, 2.24) is 4.72 Å². The largest absolute Gasteiger partial charge is 0.333 e. The summed E-state index contributed by atoms with van der Waals surface area (Å²) in [6, 6.07) is 8.71. The van der Waals surface area contributed by atoms with Gasteiger partial charge in [0.1, 0.15) is 4.90 Å². The molecule has 0 spiro atoms. The first-order valence-corrected chi connectivity index (χ1v) is 11.1. The molecule has 29 heavy (non-hydrogen) atoms. The summed E-state index contributed by atoms with van der Waals surface area (Å²) in [5.74, 6) is -0.0559. The molecule has 2 N–H and O–H groups in total. The van der Waals surface area contributed by atoms with Crippen LogP contribution in [0.5, 0.6) is 0 Å². The summed E-state index contributed by atoms with van der Waals surface area (Å²) < 4.78 is 27.4. The molecule has 0 aliphatic rings. The molecule has 0 unspecified atom stereocenters. The van der Waals surface area contributed by atoms with Crippen molar-refractivity contribution in [2.24, 2.45) is 0 Å². The normalized spacial score (nSPS) is 11.6. The quantitative estimate of drug-likeness (QED) is 0.601. The third-order valence-corrected chi connectivity index (χ3v) is 6.28. The van der Waals surface area contributed by atoms with Crippen LogP contribution in [0.3, 0.4) is 0 Å². The second-order valence-corrected chi connectivity index (χ2v) is 9.44. The number of urea groups is 1. The van der Waals surface area contributed by atoms with Crippen LogP contribution in [0.1, 0.15) is 67.9 Å². The number of Topliss-reactive ketones (excluding diaryl/α,β-unsaturated/α-hetero) is 1. The number of sulfonamides is 1. The van der Waals surface area contributed by atoms with Crippen LogP contribution in [0, 0.1) is 0 Å². The van der Waals surface area contributed by atoms with Crippen LogP contribution in [0.2, 0.25) is 5.02 Å². The van der Waals surface area contributed by atoms with E-state index in [1.165, 1.54) is 19.1 Å². The topological polar surface area (TPSA) is 92.3 Å². The van der Waals surface area contributed by atoms with Crippen LogP contribution >= 0.6 is 11.6 Å². The molecular weight excluding hydrogens is 412 g/mol. The molecule has 0 aliphatic heterocycles. The lowest BCUT2D eigenvalue weighted by atomic mass is 9.93. The fourth-order valence-electron chi connectivity index (χ4n) is 2.94.